The number of thiol groups is 1. The zero-order valence-electron chi connectivity index (χ0n) is 8.73. The Kier molecular flexibility index (Phi) is 5.14. The summed E-state index contributed by atoms with van der Waals surface area (Å²) in [5.74, 6) is -0.312. The Bertz CT molecular complexity index is 322. The quantitative estimate of drug-likeness (QED) is 0.641. The monoisotopic (exact) mass is 246 g/mol. The van der Waals surface area contributed by atoms with Crippen LogP contribution in [-0.4, -0.2) is 25.3 Å². The third-order valence-electron chi connectivity index (χ3n) is 1.65. The molecule has 1 aromatic rings. The fraction of sp³-hybridized carbons (Fsp3) is 0.500. The standard InChI is InChI=1S/C10H14O3S2/c1-3-12-5-7(2)13-10(11)9-4-8(14)6-15-9/h4,6-7,14H,3,5H2,1-2H3. The summed E-state index contributed by atoms with van der Waals surface area (Å²) < 4.78 is 10.3. The summed E-state index contributed by atoms with van der Waals surface area (Å²) >= 11 is 5.46. The lowest BCUT2D eigenvalue weighted by Crippen LogP contribution is -2.19. The summed E-state index contributed by atoms with van der Waals surface area (Å²) in [7, 11) is 0. The molecule has 0 N–H and O–H groups in total. The highest BCUT2D eigenvalue weighted by molar-refractivity contribution is 7.80. The number of hydrogen-bond donors (Lipinski definition) is 1. The molecular weight excluding hydrogens is 232 g/mol. The van der Waals surface area contributed by atoms with E-state index in [-0.39, 0.29) is 12.1 Å². The molecule has 0 saturated heterocycles. The van der Waals surface area contributed by atoms with E-state index in [2.05, 4.69) is 12.6 Å². The molecule has 1 rings (SSSR count). The van der Waals surface area contributed by atoms with Crippen molar-refractivity contribution < 1.29 is 14.3 Å². The summed E-state index contributed by atoms with van der Waals surface area (Å²) in [5.41, 5.74) is 0. The molecular formula is C10H14O3S2. The van der Waals surface area contributed by atoms with Crippen LogP contribution < -0.4 is 0 Å². The van der Waals surface area contributed by atoms with Crippen molar-refractivity contribution in [1.82, 2.24) is 0 Å². The summed E-state index contributed by atoms with van der Waals surface area (Å²) in [4.78, 5) is 12.9. The lowest BCUT2D eigenvalue weighted by atomic mass is 10.4. The maximum Gasteiger partial charge on any atom is 0.348 e. The van der Waals surface area contributed by atoms with Crippen molar-refractivity contribution in [1.29, 1.82) is 0 Å². The van der Waals surface area contributed by atoms with Gasteiger partial charge in [0.15, 0.2) is 0 Å². The average Bonchev–Trinajstić information content (AvgIpc) is 2.61. The predicted molar refractivity (Wildman–Crippen MR) is 62.9 cm³/mol. The number of rotatable bonds is 5. The van der Waals surface area contributed by atoms with E-state index in [0.29, 0.717) is 18.1 Å². The van der Waals surface area contributed by atoms with Gasteiger partial charge in [0.2, 0.25) is 0 Å². The predicted octanol–water partition coefficient (Wildman–Crippen LogP) is 2.62. The highest BCUT2D eigenvalue weighted by atomic mass is 32.1. The summed E-state index contributed by atoms with van der Waals surface area (Å²) in [6.45, 7) is 4.77. The molecule has 0 aliphatic carbocycles. The van der Waals surface area contributed by atoms with Gasteiger partial charge in [-0.25, -0.2) is 4.79 Å². The van der Waals surface area contributed by atoms with Crippen LogP contribution in [-0.2, 0) is 9.47 Å². The van der Waals surface area contributed by atoms with Crippen molar-refractivity contribution in [3.8, 4) is 0 Å². The number of hydrogen-bond acceptors (Lipinski definition) is 5. The molecule has 0 saturated carbocycles. The third kappa shape index (κ3) is 4.24. The Hall–Kier alpha value is -0.520. The molecule has 3 nitrogen and oxygen atoms in total. The van der Waals surface area contributed by atoms with Gasteiger partial charge in [-0.2, -0.15) is 0 Å². The molecule has 0 spiro atoms. The molecule has 5 heteroatoms. The SMILES string of the molecule is CCOCC(C)OC(=O)c1cc(S)cs1. The Morgan fingerprint density at radius 2 is 2.40 bits per heavy atom. The number of ether oxygens (including phenoxy) is 2. The molecule has 0 amide bonds. The third-order valence-corrected chi connectivity index (χ3v) is 2.99. The first-order valence-corrected chi connectivity index (χ1v) is 6.02. The molecule has 1 aromatic heterocycles. The second kappa shape index (κ2) is 6.15. The summed E-state index contributed by atoms with van der Waals surface area (Å²) in [6.07, 6.45) is -0.220. The largest absolute Gasteiger partial charge is 0.456 e. The molecule has 15 heavy (non-hydrogen) atoms. The van der Waals surface area contributed by atoms with Gasteiger partial charge in [-0.1, -0.05) is 0 Å². The summed E-state index contributed by atoms with van der Waals surface area (Å²) in [6, 6.07) is 1.70. The van der Waals surface area contributed by atoms with Crippen molar-refractivity contribution in [3.63, 3.8) is 0 Å². The van der Waals surface area contributed by atoms with Crippen molar-refractivity contribution in [2.45, 2.75) is 24.8 Å². The zero-order chi connectivity index (χ0) is 11.3. The normalized spacial score (nSPS) is 12.5. The van der Waals surface area contributed by atoms with E-state index in [0.717, 1.165) is 4.90 Å². The van der Waals surface area contributed by atoms with E-state index < -0.39 is 0 Å². The lowest BCUT2D eigenvalue weighted by molar-refractivity contribution is 0.00483. The molecule has 1 unspecified atom stereocenters. The van der Waals surface area contributed by atoms with Gasteiger partial charge in [-0.15, -0.1) is 24.0 Å². The molecule has 0 bridgehead atoms. The van der Waals surface area contributed by atoms with Crippen LogP contribution in [0.3, 0.4) is 0 Å². The number of carbonyl (C=O) groups excluding carboxylic acids is 1. The second-order valence-electron chi connectivity index (χ2n) is 3.04. The Morgan fingerprint density at radius 1 is 1.67 bits per heavy atom. The van der Waals surface area contributed by atoms with Crippen LogP contribution in [0.4, 0.5) is 0 Å². The minimum Gasteiger partial charge on any atom is -0.456 e. The van der Waals surface area contributed by atoms with Crippen molar-refractivity contribution in [3.05, 3.63) is 16.3 Å². The van der Waals surface area contributed by atoms with Crippen LogP contribution in [0.15, 0.2) is 16.3 Å². The number of carbonyl (C=O) groups is 1. The van der Waals surface area contributed by atoms with Gasteiger partial charge in [0.25, 0.3) is 0 Å². The van der Waals surface area contributed by atoms with Gasteiger partial charge < -0.3 is 9.47 Å². The molecule has 0 aromatic carbocycles. The van der Waals surface area contributed by atoms with Gasteiger partial charge in [-0.3, -0.25) is 0 Å². The second-order valence-corrected chi connectivity index (χ2v) is 4.47. The molecule has 84 valence electrons. The Labute approximate surface area is 98.8 Å². The van der Waals surface area contributed by atoms with E-state index in [1.54, 1.807) is 11.4 Å². The molecule has 0 aliphatic heterocycles. The highest BCUT2D eigenvalue weighted by Crippen LogP contribution is 2.18. The van der Waals surface area contributed by atoms with Gasteiger partial charge >= 0.3 is 5.97 Å². The van der Waals surface area contributed by atoms with E-state index in [1.807, 2.05) is 13.8 Å². The maximum absolute atomic E-state index is 11.5. The van der Waals surface area contributed by atoms with Gasteiger partial charge in [0.05, 0.1) is 6.61 Å². The Balaban J connectivity index is 2.42. The molecule has 1 atom stereocenters. The molecule has 0 radical (unpaired) electrons. The topological polar surface area (TPSA) is 35.5 Å². The minimum atomic E-state index is -0.312. The van der Waals surface area contributed by atoms with Crippen LogP contribution >= 0.6 is 24.0 Å². The minimum absolute atomic E-state index is 0.220. The number of esters is 1. The van der Waals surface area contributed by atoms with Crippen molar-refractivity contribution in [2.24, 2.45) is 0 Å². The highest BCUT2D eigenvalue weighted by Gasteiger charge is 2.13. The maximum atomic E-state index is 11.5. The van der Waals surface area contributed by atoms with Crippen LogP contribution in [0.5, 0.6) is 0 Å². The fourth-order valence-corrected chi connectivity index (χ4v) is 2.02. The van der Waals surface area contributed by atoms with E-state index in [1.165, 1.54) is 11.3 Å². The van der Waals surface area contributed by atoms with E-state index >= 15 is 0 Å². The Morgan fingerprint density at radius 3 is 2.93 bits per heavy atom. The van der Waals surface area contributed by atoms with Crippen LogP contribution in [0.2, 0.25) is 0 Å². The molecule has 0 aliphatic rings. The van der Waals surface area contributed by atoms with Crippen LogP contribution in [0.25, 0.3) is 0 Å². The lowest BCUT2D eigenvalue weighted by Gasteiger charge is -2.11. The first-order chi connectivity index (χ1) is 7.13. The van der Waals surface area contributed by atoms with Crippen LogP contribution in [0, 0.1) is 0 Å². The average molecular weight is 246 g/mol. The zero-order valence-corrected chi connectivity index (χ0v) is 10.4. The smallest absolute Gasteiger partial charge is 0.348 e. The molecule has 1 heterocycles. The summed E-state index contributed by atoms with van der Waals surface area (Å²) in [5, 5.41) is 1.80. The van der Waals surface area contributed by atoms with Crippen molar-refractivity contribution >= 4 is 29.9 Å². The van der Waals surface area contributed by atoms with Crippen molar-refractivity contribution in [2.75, 3.05) is 13.2 Å². The van der Waals surface area contributed by atoms with Gasteiger partial charge in [0, 0.05) is 16.9 Å². The first kappa shape index (κ1) is 12.5. The van der Waals surface area contributed by atoms with E-state index in [9.17, 15) is 4.79 Å². The first-order valence-electron chi connectivity index (χ1n) is 4.69. The molecule has 0 fully saturated rings. The van der Waals surface area contributed by atoms with Gasteiger partial charge in [-0.05, 0) is 19.9 Å². The fourth-order valence-electron chi connectivity index (χ4n) is 0.992. The number of thiophene rings is 1. The van der Waals surface area contributed by atoms with Gasteiger partial charge in [0.1, 0.15) is 11.0 Å². The van der Waals surface area contributed by atoms with E-state index in [4.69, 9.17) is 9.47 Å². The van der Waals surface area contributed by atoms with Crippen LogP contribution in [0.1, 0.15) is 23.5 Å².